The van der Waals surface area contributed by atoms with Crippen LogP contribution in [0.15, 0.2) is 187 Å². The summed E-state index contributed by atoms with van der Waals surface area (Å²) in [5.74, 6) is 0.123. The summed E-state index contributed by atoms with van der Waals surface area (Å²) in [7, 11) is 0. The van der Waals surface area contributed by atoms with Crippen molar-refractivity contribution >= 4 is 71.1 Å². The average Bonchev–Trinajstić information content (AvgIpc) is 3.75. The predicted octanol–water partition coefficient (Wildman–Crippen LogP) is 11.5. The molecule has 0 radical (unpaired) electrons. The molecule has 11 rings (SSSR count). The van der Waals surface area contributed by atoms with Gasteiger partial charge in [0, 0.05) is 49.4 Å². The highest BCUT2D eigenvalue weighted by molar-refractivity contribution is 6.27. The van der Waals surface area contributed by atoms with Crippen molar-refractivity contribution in [3.05, 3.63) is 193 Å². The van der Waals surface area contributed by atoms with Crippen LogP contribution in [-0.4, -0.2) is 24.9 Å². The Balaban J connectivity index is 1.15. The lowest BCUT2D eigenvalue weighted by Crippen LogP contribution is -2.17. The molecule has 0 amide bonds. The van der Waals surface area contributed by atoms with Crippen LogP contribution in [0.2, 0.25) is 0 Å². The number of fused-ring (bicyclic) bond motifs is 9. The lowest BCUT2D eigenvalue weighted by atomic mass is 10.0. The molecule has 0 aliphatic rings. The van der Waals surface area contributed by atoms with E-state index in [1.807, 2.05) is 48.5 Å². The van der Waals surface area contributed by atoms with Crippen LogP contribution in [0, 0.1) is 5.41 Å². The molecule has 0 fully saturated rings. The van der Waals surface area contributed by atoms with Gasteiger partial charge < -0.3 is 14.1 Å². The molecule has 3 heterocycles. The molecule has 0 aliphatic heterocycles. The van der Waals surface area contributed by atoms with Crippen LogP contribution in [0.25, 0.3) is 87.9 Å². The zero-order valence-electron chi connectivity index (χ0n) is 29.6. The number of para-hydroxylation sites is 3. The van der Waals surface area contributed by atoms with Gasteiger partial charge >= 0.3 is 0 Å². The SMILES string of the molecule is N=C(N=c1nc(-c2ccccc2)c2ccccc2[nH]1)c1cccc(-n2c3ccccc3c3ccc4c(c5cc6ccccc6cc5n4-c4ccccc4)c32)c1. The fourth-order valence-electron chi connectivity index (χ4n) is 8.31. The molecule has 0 bridgehead atoms. The quantitative estimate of drug-likeness (QED) is 0.139. The van der Waals surface area contributed by atoms with Gasteiger partial charge in [-0.3, -0.25) is 5.41 Å². The van der Waals surface area contributed by atoms with E-state index < -0.39 is 0 Å². The molecule has 0 saturated heterocycles. The average molecular weight is 705 g/mol. The Kier molecular flexibility index (Phi) is 6.91. The molecule has 3 aromatic heterocycles. The predicted molar refractivity (Wildman–Crippen MR) is 227 cm³/mol. The van der Waals surface area contributed by atoms with Crippen molar-refractivity contribution in [3.8, 4) is 22.6 Å². The summed E-state index contributed by atoms with van der Waals surface area (Å²) in [6.45, 7) is 0. The van der Waals surface area contributed by atoms with Gasteiger partial charge in [0.05, 0.1) is 33.3 Å². The summed E-state index contributed by atoms with van der Waals surface area (Å²) < 4.78 is 4.75. The summed E-state index contributed by atoms with van der Waals surface area (Å²) >= 11 is 0. The molecule has 2 N–H and O–H groups in total. The standard InChI is InChI=1S/C49H32N6/c50-48(53-49-51-41-24-11-9-23-39(41)46(52-49)31-14-3-1-4-15-31)34-18-13-21-36(28-34)55-42-25-12-10-22-37(42)38-26-27-43-45(47(38)55)40-29-32-16-7-8-17-33(32)30-44(40)54(43)35-19-5-2-6-20-35/h1-30H,(H2,50,51,52,53). The van der Waals surface area contributed by atoms with Gasteiger partial charge in [0.1, 0.15) is 0 Å². The first-order valence-corrected chi connectivity index (χ1v) is 18.4. The van der Waals surface area contributed by atoms with Crippen LogP contribution in [0.5, 0.6) is 0 Å². The van der Waals surface area contributed by atoms with Crippen molar-refractivity contribution < 1.29 is 0 Å². The van der Waals surface area contributed by atoms with E-state index in [4.69, 9.17) is 9.98 Å². The van der Waals surface area contributed by atoms with E-state index >= 15 is 0 Å². The maximum absolute atomic E-state index is 9.27. The third kappa shape index (κ3) is 4.92. The van der Waals surface area contributed by atoms with E-state index in [0.29, 0.717) is 11.2 Å². The minimum absolute atomic E-state index is 0.123. The summed E-state index contributed by atoms with van der Waals surface area (Å²) in [4.78, 5) is 13.1. The van der Waals surface area contributed by atoms with Gasteiger partial charge in [0.25, 0.3) is 0 Å². The van der Waals surface area contributed by atoms with Crippen molar-refractivity contribution in [1.29, 1.82) is 5.41 Å². The van der Waals surface area contributed by atoms with Crippen LogP contribution in [0.4, 0.5) is 0 Å². The van der Waals surface area contributed by atoms with Gasteiger partial charge in [-0.15, -0.1) is 0 Å². The molecule has 0 aliphatic carbocycles. The molecule has 0 saturated carbocycles. The number of aromatic amines is 1. The summed E-state index contributed by atoms with van der Waals surface area (Å²) in [6, 6.07) is 63.4. The smallest absolute Gasteiger partial charge is 0.229 e. The monoisotopic (exact) mass is 704 g/mol. The number of hydrogen-bond acceptors (Lipinski definition) is 2. The molecule has 0 unspecified atom stereocenters. The molecule has 11 aromatic rings. The molecule has 6 nitrogen and oxygen atoms in total. The lowest BCUT2D eigenvalue weighted by molar-refractivity contribution is 1.05. The van der Waals surface area contributed by atoms with Gasteiger partial charge in [-0.2, -0.15) is 4.99 Å². The van der Waals surface area contributed by atoms with E-state index in [9.17, 15) is 5.41 Å². The van der Waals surface area contributed by atoms with Crippen LogP contribution >= 0.6 is 0 Å². The van der Waals surface area contributed by atoms with Gasteiger partial charge in [-0.25, -0.2) is 4.98 Å². The van der Waals surface area contributed by atoms with Gasteiger partial charge in [-0.1, -0.05) is 127 Å². The van der Waals surface area contributed by atoms with E-state index in [1.54, 1.807) is 0 Å². The Morgan fingerprint density at radius 2 is 1.20 bits per heavy atom. The molecule has 258 valence electrons. The van der Waals surface area contributed by atoms with Crippen LogP contribution in [0.1, 0.15) is 5.56 Å². The highest BCUT2D eigenvalue weighted by Crippen LogP contribution is 2.43. The van der Waals surface area contributed by atoms with Crippen molar-refractivity contribution in [2.75, 3.05) is 0 Å². The number of benzene rings is 8. The minimum Gasteiger partial charge on any atom is -0.323 e. The third-order valence-electron chi connectivity index (χ3n) is 10.7. The molecule has 8 aromatic carbocycles. The van der Waals surface area contributed by atoms with E-state index in [-0.39, 0.29) is 5.84 Å². The number of rotatable bonds is 4. The molecule has 0 spiro atoms. The van der Waals surface area contributed by atoms with E-state index in [0.717, 1.165) is 55.6 Å². The van der Waals surface area contributed by atoms with Crippen LogP contribution in [-0.2, 0) is 0 Å². The van der Waals surface area contributed by atoms with Gasteiger partial charge in [0.2, 0.25) is 5.62 Å². The second-order valence-corrected chi connectivity index (χ2v) is 13.9. The number of nitrogens with one attached hydrogen (secondary N) is 2. The van der Waals surface area contributed by atoms with Crippen molar-refractivity contribution in [2.45, 2.75) is 0 Å². The van der Waals surface area contributed by atoms with Crippen molar-refractivity contribution in [2.24, 2.45) is 4.99 Å². The minimum atomic E-state index is 0.123. The van der Waals surface area contributed by atoms with Gasteiger partial charge in [0.15, 0.2) is 5.84 Å². The van der Waals surface area contributed by atoms with Crippen molar-refractivity contribution in [1.82, 2.24) is 19.1 Å². The largest absolute Gasteiger partial charge is 0.323 e. The highest BCUT2D eigenvalue weighted by Gasteiger charge is 2.21. The molecular weight excluding hydrogens is 673 g/mol. The first-order chi connectivity index (χ1) is 27.2. The number of amidine groups is 1. The van der Waals surface area contributed by atoms with Crippen molar-refractivity contribution in [3.63, 3.8) is 0 Å². The highest BCUT2D eigenvalue weighted by atomic mass is 15.0. The first-order valence-electron chi connectivity index (χ1n) is 18.4. The second kappa shape index (κ2) is 12.3. The van der Waals surface area contributed by atoms with E-state index in [1.165, 1.54) is 32.3 Å². The maximum atomic E-state index is 9.27. The molecular formula is C49H32N6. The fourth-order valence-corrected chi connectivity index (χ4v) is 8.31. The Labute approximate surface area is 315 Å². The Morgan fingerprint density at radius 3 is 2.04 bits per heavy atom. The number of nitrogens with zero attached hydrogens (tertiary/aromatic N) is 4. The number of aromatic nitrogens is 4. The zero-order chi connectivity index (χ0) is 36.5. The molecule has 0 atom stereocenters. The normalized spacial score (nSPS) is 12.2. The third-order valence-corrected chi connectivity index (χ3v) is 10.7. The summed E-state index contributed by atoms with van der Waals surface area (Å²) in [6.07, 6.45) is 0. The van der Waals surface area contributed by atoms with E-state index in [2.05, 4.69) is 148 Å². The summed E-state index contributed by atoms with van der Waals surface area (Å²) in [5, 5.41) is 17.4. The number of H-pyrrole nitrogens is 1. The topological polar surface area (TPSA) is 74.8 Å². The fraction of sp³-hybridized carbons (Fsp3) is 0. The van der Waals surface area contributed by atoms with Crippen LogP contribution in [0.3, 0.4) is 0 Å². The lowest BCUT2D eigenvalue weighted by Gasteiger charge is -2.11. The first kappa shape index (κ1) is 31.0. The Morgan fingerprint density at radius 1 is 0.509 bits per heavy atom. The molecule has 6 heteroatoms. The zero-order valence-corrected chi connectivity index (χ0v) is 29.6. The molecule has 55 heavy (non-hydrogen) atoms. The van der Waals surface area contributed by atoms with Crippen LogP contribution < -0.4 is 5.62 Å². The summed E-state index contributed by atoms with van der Waals surface area (Å²) in [5.41, 5.74) is 10.4. The second-order valence-electron chi connectivity index (χ2n) is 13.9. The number of hydrogen-bond donors (Lipinski definition) is 2. The Bertz CT molecular complexity index is 3390. The maximum Gasteiger partial charge on any atom is 0.229 e. The Hall–Kier alpha value is -7.57. The van der Waals surface area contributed by atoms with Gasteiger partial charge in [-0.05, 0) is 65.4 Å².